The van der Waals surface area contributed by atoms with E-state index in [0.717, 1.165) is 22.3 Å². The maximum atomic E-state index is 6.07. The van der Waals surface area contributed by atoms with Crippen LogP contribution in [0.2, 0.25) is 5.15 Å². The second-order valence-corrected chi connectivity index (χ2v) is 4.21. The fourth-order valence-corrected chi connectivity index (χ4v) is 2.17. The van der Waals surface area contributed by atoms with Gasteiger partial charge in [-0.15, -0.1) is 0 Å². The van der Waals surface area contributed by atoms with Crippen LogP contribution in [0.4, 0.5) is 0 Å². The molecule has 3 nitrogen and oxygen atoms in total. The van der Waals surface area contributed by atoms with Crippen LogP contribution in [0, 0.1) is 0 Å². The third-order valence-electron chi connectivity index (χ3n) is 2.84. The van der Waals surface area contributed by atoms with E-state index in [1.807, 2.05) is 35.9 Å². The summed E-state index contributed by atoms with van der Waals surface area (Å²) >= 11 is 6.07. The fourth-order valence-electron chi connectivity index (χ4n) is 1.99. The normalized spacial score (nSPS) is 10.9. The van der Waals surface area contributed by atoms with E-state index in [1.54, 1.807) is 0 Å². The minimum absolute atomic E-state index is 0.493. The molecule has 0 saturated heterocycles. The molecule has 0 N–H and O–H groups in total. The van der Waals surface area contributed by atoms with Crippen molar-refractivity contribution in [3.05, 3.63) is 47.9 Å². The van der Waals surface area contributed by atoms with Gasteiger partial charge in [-0.05, 0) is 11.6 Å². The predicted octanol–water partition coefficient (Wildman–Crippen LogP) is 3.29. The maximum absolute atomic E-state index is 6.07. The first-order valence-corrected chi connectivity index (χ1v) is 5.66. The Morgan fingerprint density at radius 1 is 1.12 bits per heavy atom. The van der Waals surface area contributed by atoms with Crippen molar-refractivity contribution in [3.63, 3.8) is 0 Å². The zero-order valence-electron chi connectivity index (χ0n) is 9.26. The summed E-state index contributed by atoms with van der Waals surface area (Å²) in [6, 6.07) is 12.2. The van der Waals surface area contributed by atoms with Crippen molar-refractivity contribution in [3.8, 4) is 11.3 Å². The highest BCUT2D eigenvalue weighted by molar-refractivity contribution is 6.34. The molecule has 0 atom stereocenters. The van der Waals surface area contributed by atoms with Gasteiger partial charge in [0.1, 0.15) is 17.1 Å². The van der Waals surface area contributed by atoms with Crippen LogP contribution in [0.3, 0.4) is 0 Å². The molecule has 3 rings (SSSR count). The Balaban J connectivity index is 2.32. The monoisotopic (exact) mass is 243 g/mol. The highest BCUT2D eigenvalue weighted by Crippen LogP contribution is 2.28. The van der Waals surface area contributed by atoms with E-state index in [9.17, 15) is 0 Å². The first-order chi connectivity index (χ1) is 8.27. The zero-order chi connectivity index (χ0) is 11.8. The number of aromatic nitrogens is 3. The molecule has 17 heavy (non-hydrogen) atoms. The van der Waals surface area contributed by atoms with Crippen LogP contribution in [-0.4, -0.2) is 14.5 Å². The van der Waals surface area contributed by atoms with Crippen molar-refractivity contribution in [1.82, 2.24) is 14.5 Å². The third kappa shape index (κ3) is 1.59. The van der Waals surface area contributed by atoms with Gasteiger partial charge in [0, 0.05) is 7.05 Å². The van der Waals surface area contributed by atoms with Crippen LogP contribution in [0.15, 0.2) is 42.7 Å². The van der Waals surface area contributed by atoms with Gasteiger partial charge in [0.15, 0.2) is 0 Å². The molecule has 0 aliphatic carbocycles. The van der Waals surface area contributed by atoms with Gasteiger partial charge >= 0.3 is 0 Å². The fraction of sp³-hybridized carbons (Fsp3) is 0.0769. The molecule has 4 heteroatoms. The molecule has 0 amide bonds. The van der Waals surface area contributed by atoms with Gasteiger partial charge < -0.3 is 4.57 Å². The van der Waals surface area contributed by atoms with Crippen LogP contribution in [0.5, 0.6) is 0 Å². The van der Waals surface area contributed by atoms with E-state index < -0.39 is 0 Å². The highest BCUT2D eigenvalue weighted by atomic mass is 35.5. The first kappa shape index (κ1) is 10.3. The Hall–Kier alpha value is -1.87. The molecule has 0 aliphatic heterocycles. The molecule has 0 radical (unpaired) electrons. The van der Waals surface area contributed by atoms with Gasteiger partial charge in [-0.25, -0.2) is 9.97 Å². The quantitative estimate of drug-likeness (QED) is 0.614. The molecule has 2 aromatic heterocycles. The number of halogens is 1. The molecule has 0 bridgehead atoms. The summed E-state index contributed by atoms with van der Waals surface area (Å²) in [5.41, 5.74) is 3.08. The minimum Gasteiger partial charge on any atom is -0.328 e. The number of hydrogen-bond acceptors (Lipinski definition) is 2. The van der Waals surface area contributed by atoms with Crippen molar-refractivity contribution in [2.24, 2.45) is 7.05 Å². The molecule has 0 saturated carbocycles. The summed E-state index contributed by atoms with van der Waals surface area (Å²) in [5, 5.41) is 1.38. The van der Waals surface area contributed by atoms with Crippen molar-refractivity contribution >= 4 is 22.6 Å². The Morgan fingerprint density at radius 3 is 2.59 bits per heavy atom. The number of fused-ring (bicyclic) bond motifs is 1. The summed E-state index contributed by atoms with van der Waals surface area (Å²) in [6.45, 7) is 0. The molecule has 0 fully saturated rings. The zero-order valence-corrected chi connectivity index (χ0v) is 10.0. The first-order valence-electron chi connectivity index (χ1n) is 5.29. The molecule has 3 aromatic rings. The average molecular weight is 244 g/mol. The number of rotatable bonds is 1. The highest BCUT2D eigenvalue weighted by Gasteiger charge is 2.11. The Morgan fingerprint density at radius 2 is 1.88 bits per heavy atom. The lowest BCUT2D eigenvalue weighted by atomic mass is 10.1. The van der Waals surface area contributed by atoms with Crippen LogP contribution in [0.25, 0.3) is 22.3 Å². The van der Waals surface area contributed by atoms with E-state index in [-0.39, 0.29) is 0 Å². The van der Waals surface area contributed by atoms with E-state index in [1.165, 1.54) is 6.33 Å². The average Bonchev–Trinajstić information content (AvgIpc) is 2.70. The molecular formula is C13H10ClN3. The summed E-state index contributed by atoms with van der Waals surface area (Å²) in [5.74, 6) is 0. The lowest BCUT2D eigenvalue weighted by Gasteiger charge is -2.02. The van der Waals surface area contributed by atoms with Crippen LogP contribution in [0.1, 0.15) is 0 Å². The van der Waals surface area contributed by atoms with Crippen molar-refractivity contribution in [2.75, 3.05) is 0 Å². The smallest absolute Gasteiger partial charge is 0.145 e. The third-order valence-corrected chi connectivity index (χ3v) is 3.15. The standard InChI is InChI=1S/C13H10ClN3/c1-17-11(9-5-3-2-4-6-9)7-10-12(14)15-8-16-13(10)17/h2-8H,1H3. The van der Waals surface area contributed by atoms with Gasteiger partial charge in [0.25, 0.3) is 0 Å². The number of benzene rings is 1. The lowest BCUT2D eigenvalue weighted by molar-refractivity contribution is 0.952. The largest absolute Gasteiger partial charge is 0.328 e. The molecule has 0 unspecified atom stereocenters. The molecule has 0 spiro atoms. The van der Waals surface area contributed by atoms with Crippen LogP contribution in [-0.2, 0) is 7.05 Å². The summed E-state index contributed by atoms with van der Waals surface area (Å²) in [6.07, 6.45) is 1.49. The molecule has 0 aliphatic rings. The molecular weight excluding hydrogens is 234 g/mol. The van der Waals surface area contributed by atoms with Crippen molar-refractivity contribution < 1.29 is 0 Å². The molecule has 2 heterocycles. The molecule has 1 aromatic carbocycles. The van der Waals surface area contributed by atoms with E-state index >= 15 is 0 Å². The van der Waals surface area contributed by atoms with E-state index in [0.29, 0.717) is 5.15 Å². The summed E-state index contributed by atoms with van der Waals surface area (Å²) in [4.78, 5) is 8.25. The van der Waals surface area contributed by atoms with E-state index in [4.69, 9.17) is 11.6 Å². The predicted molar refractivity (Wildman–Crippen MR) is 69.0 cm³/mol. The number of hydrogen-bond donors (Lipinski definition) is 0. The van der Waals surface area contributed by atoms with Gasteiger partial charge in [-0.1, -0.05) is 41.9 Å². The lowest BCUT2D eigenvalue weighted by Crippen LogP contribution is -1.93. The molecule has 84 valence electrons. The van der Waals surface area contributed by atoms with Gasteiger partial charge in [-0.3, -0.25) is 0 Å². The SMILES string of the molecule is Cn1c(-c2ccccc2)cc2c(Cl)ncnc21. The topological polar surface area (TPSA) is 30.7 Å². The Labute approximate surface area is 104 Å². The van der Waals surface area contributed by atoms with Crippen molar-refractivity contribution in [2.45, 2.75) is 0 Å². The van der Waals surface area contributed by atoms with Gasteiger partial charge in [0.05, 0.1) is 11.1 Å². The Kier molecular flexibility index (Phi) is 2.34. The number of nitrogens with zero attached hydrogens (tertiary/aromatic N) is 3. The van der Waals surface area contributed by atoms with Crippen molar-refractivity contribution in [1.29, 1.82) is 0 Å². The summed E-state index contributed by atoms with van der Waals surface area (Å²) in [7, 11) is 1.98. The van der Waals surface area contributed by atoms with Gasteiger partial charge in [0.2, 0.25) is 0 Å². The second kappa shape index (κ2) is 3.86. The summed E-state index contributed by atoms with van der Waals surface area (Å²) < 4.78 is 2.03. The Bertz CT molecular complexity index is 674. The second-order valence-electron chi connectivity index (χ2n) is 3.86. The van der Waals surface area contributed by atoms with Crippen LogP contribution < -0.4 is 0 Å². The minimum atomic E-state index is 0.493. The maximum Gasteiger partial charge on any atom is 0.145 e. The number of aryl methyl sites for hydroxylation is 1. The van der Waals surface area contributed by atoms with E-state index in [2.05, 4.69) is 22.1 Å². The van der Waals surface area contributed by atoms with Crippen LogP contribution >= 0.6 is 11.6 Å². The van der Waals surface area contributed by atoms with Gasteiger partial charge in [-0.2, -0.15) is 0 Å².